The van der Waals surface area contributed by atoms with Crippen LogP contribution in [0.5, 0.6) is 5.75 Å². The maximum Gasteiger partial charge on any atom is 0.321 e. The van der Waals surface area contributed by atoms with E-state index in [4.69, 9.17) is 27.9 Å². The van der Waals surface area contributed by atoms with Crippen LogP contribution in [-0.2, 0) is 4.79 Å². The van der Waals surface area contributed by atoms with Crippen molar-refractivity contribution < 1.29 is 14.3 Å². The van der Waals surface area contributed by atoms with Crippen molar-refractivity contribution >= 4 is 35.1 Å². The van der Waals surface area contributed by atoms with Gasteiger partial charge in [0.2, 0.25) is 0 Å². The Morgan fingerprint density at radius 2 is 1.85 bits per heavy atom. The molecule has 0 aliphatic heterocycles. The van der Waals surface area contributed by atoms with Crippen LogP contribution in [0.25, 0.3) is 0 Å². The first-order chi connectivity index (χ1) is 9.17. The molecular formula is C13H16Cl2N2O3. The van der Waals surface area contributed by atoms with Crippen molar-refractivity contribution in [1.82, 2.24) is 10.6 Å². The van der Waals surface area contributed by atoms with Gasteiger partial charge in [-0.05, 0) is 32.9 Å². The van der Waals surface area contributed by atoms with Crippen molar-refractivity contribution in [1.29, 1.82) is 0 Å². The molecule has 0 unspecified atom stereocenters. The Balaban J connectivity index is 2.43. The van der Waals surface area contributed by atoms with Crippen molar-refractivity contribution in [3.8, 4) is 5.75 Å². The fourth-order valence-corrected chi connectivity index (χ4v) is 1.54. The number of benzene rings is 1. The molecule has 0 fully saturated rings. The predicted octanol–water partition coefficient (Wildman–Crippen LogP) is 3.00. The number of carbonyl (C=O) groups is 2. The summed E-state index contributed by atoms with van der Waals surface area (Å²) in [5.41, 5.74) is -0.422. The Labute approximate surface area is 127 Å². The standard InChI is InChI=1S/C13H16Cl2N2O3/c1-13(2,3)17-12(19)16-11(18)7-20-8-4-5-9(14)10(15)6-8/h4-6H,7H2,1-3H3,(H2,16,17,18,19). The maximum atomic E-state index is 11.5. The summed E-state index contributed by atoms with van der Waals surface area (Å²) >= 11 is 11.6. The molecular weight excluding hydrogens is 303 g/mol. The lowest BCUT2D eigenvalue weighted by atomic mass is 10.1. The minimum Gasteiger partial charge on any atom is -0.484 e. The first-order valence-electron chi connectivity index (χ1n) is 5.87. The van der Waals surface area contributed by atoms with Gasteiger partial charge in [-0.3, -0.25) is 10.1 Å². The number of hydrogen-bond acceptors (Lipinski definition) is 3. The maximum absolute atomic E-state index is 11.5. The second kappa shape index (κ2) is 6.81. The average molecular weight is 319 g/mol. The minimum atomic E-state index is -0.569. The van der Waals surface area contributed by atoms with E-state index >= 15 is 0 Å². The Morgan fingerprint density at radius 1 is 1.20 bits per heavy atom. The van der Waals surface area contributed by atoms with Gasteiger partial charge < -0.3 is 10.1 Å². The summed E-state index contributed by atoms with van der Waals surface area (Å²) < 4.78 is 5.20. The summed E-state index contributed by atoms with van der Waals surface area (Å²) in [7, 11) is 0. The molecule has 0 saturated carbocycles. The molecule has 1 rings (SSSR count). The van der Waals surface area contributed by atoms with E-state index in [0.717, 1.165) is 0 Å². The molecule has 0 spiro atoms. The number of halogens is 2. The number of ether oxygens (including phenoxy) is 1. The normalized spacial score (nSPS) is 10.8. The van der Waals surface area contributed by atoms with E-state index < -0.39 is 17.5 Å². The molecule has 0 aliphatic rings. The van der Waals surface area contributed by atoms with Crippen LogP contribution in [0, 0.1) is 0 Å². The lowest BCUT2D eigenvalue weighted by Gasteiger charge is -2.20. The highest BCUT2D eigenvalue weighted by Gasteiger charge is 2.15. The van der Waals surface area contributed by atoms with Crippen LogP contribution in [0.15, 0.2) is 18.2 Å². The summed E-state index contributed by atoms with van der Waals surface area (Å²) in [5, 5.41) is 5.48. The van der Waals surface area contributed by atoms with Crippen molar-refractivity contribution in [3.63, 3.8) is 0 Å². The van der Waals surface area contributed by atoms with E-state index in [1.54, 1.807) is 12.1 Å². The van der Waals surface area contributed by atoms with Gasteiger partial charge in [-0.1, -0.05) is 23.2 Å². The average Bonchev–Trinajstić information content (AvgIpc) is 2.28. The summed E-state index contributed by atoms with van der Waals surface area (Å²) in [6, 6.07) is 4.06. The second-order valence-electron chi connectivity index (χ2n) is 5.12. The Kier molecular flexibility index (Phi) is 5.65. The largest absolute Gasteiger partial charge is 0.484 e. The molecule has 0 saturated heterocycles. The van der Waals surface area contributed by atoms with Gasteiger partial charge >= 0.3 is 6.03 Å². The summed E-state index contributed by atoms with van der Waals surface area (Å²) in [6.45, 7) is 5.13. The molecule has 0 heterocycles. The third kappa shape index (κ3) is 6.12. The van der Waals surface area contributed by atoms with Crippen LogP contribution in [0.3, 0.4) is 0 Å². The second-order valence-corrected chi connectivity index (χ2v) is 5.93. The van der Waals surface area contributed by atoms with Crippen molar-refractivity contribution in [3.05, 3.63) is 28.2 Å². The first kappa shape index (κ1) is 16.6. The number of rotatable bonds is 3. The summed E-state index contributed by atoms with van der Waals surface area (Å²) in [6.07, 6.45) is 0. The van der Waals surface area contributed by atoms with E-state index in [1.165, 1.54) is 6.07 Å². The molecule has 1 aromatic rings. The third-order valence-corrected chi connectivity index (χ3v) is 2.74. The van der Waals surface area contributed by atoms with E-state index in [9.17, 15) is 9.59 Å². The van der Waals surface area contributed by atoms with Crippen molar-refractivity contribution in [2.75, 3.05) is 6.61 Å². The molecule has 1 aromatic carbocycles. The van der Waals surface area contributed by atoms with E-state index in [-0.39, 0.29) is 6.61 Å². The Bertz CT molecular complexity index is 513. The van der Waals surface area contributed by atoms with E-state index in [1.807, 2.05) is 20.8 Å². The highest BCUT2D eigenvalue weighted by molar-refractivity contribution is 6.42. The van der Waals surface area contributed by atoms with Gasteiger partial charge in [-0.25, -0.2) is 4.79 Å². The van der Waals surface area contributed by atoms with Gasteiger partial charge in [-0.2, -0.15) is 0 Å². The highest BCUT2D eigenvalue weighted by atomic mass is 35.5. The minimum absolute atomic E-state index is 0.296. The zero-order valence-electron chi connectivity index (χ0n) is 11.4. The van der Waals surface area contributed by atoms with Crippen LogP contribution >= 0.6 is 23.2 Å². The molecule has 110 valence electrons. The molecule has 2 N–H and O–H groups in total. The Hall–Kier alpha value is -1.46. The fraction of sp³-hybridized carbons (Fsp3) is 0.385. The quantitative estimate of drug-likeness (QED) is 0.900. The SMILES string of the molecule is CC(C)(C)NC(=O)NC(=O)COc1ccc(Cl)c(Cl)c1. The fourth-order valence-electron chi connectivity index (χ4n) is 1.25. The topological polar surface area (TPSA) is 67.4 Å². The first-order valence-corrected chi connectivity index (χ1v) is 6.63. The lowest BCUT2D eigenvalue weighted by molar-refractivity contribution is -0.122. The van der Waals surface area contributed by atoms with Crippen LogP contribution in [0.4, 0.5) is 4.79 Å². The van der Waals surface area contributed by atoms with Gasteiger partial charge in [0, 0.05) is 11.6 Å². The van der Waals surface area contributed by atoms with Crippen LogP contribution in [0.1, 0.15) is 20.8 Å². The molecule has 0 aliphatic carbocycles. The van der Waals surface area contributed by atoms with Gasteiger partial charge in [0.15, 0.2) is 6.61 Å². The van der Waals surface area contributed by atoms with Crippen molar-refractivity contribution in [2.45, 2.75) is 26.3 Å². The van der Waals surface area contributed by atoms with Crippen LogP contribution < -0.4 is 15.4 Å². The molecule has 0 aromatic heterocycles. The molecule has 7 heteroatoms. The monoisotopic (exact) mass is 318 g/mol. The molecule has 5 nitrogen and oxygen atoms in total. The Morgan fingerprint density at radius 3 is 2.40 bits per heavy atom. The number of imide groups is 1. The zero-order valence-corrected chi connectivity index (χ0v) is 12.9. The lowest BCUT2D eigenvalue weighted by Crippen LogP contribution is -2.49. The number of amides is 3. The molecule has 0 radical (unpaired) electrons. The molecule has 20 heavy (non-hydrogen) atoms. The molecule has 0 bridgehead atoms. The van der Waals surface area contributed by atoms with Gasteiger partial charge in [0.25, 0.3) is 5.91 Å². The third-order valence-electron chi connectivity index (χ3n) is 2.00. The van der Waals surface area contributed by atoms with E-state index in [0.29, 0.717) is 15.8 Å². The highest BCUT2D eigenvalue weighted by Crippen LogP contribution is 2.26. The van der Waals surface area contributed by atoms with Crippen LogP contribution in [0.2, 0.25) is 10.0 Å². The molecule has 0 atom stereocenters. The van der Waals surface area contributed by atoms with Crippen LogP contribution in [-0.4, -0.2) is 24.1 Å². The van der Waals surface area contributed by atoms with Gasteiger partial charge in [-0.15, -0.1) is 0 Å². The van der Waals surface area contributed by atoms with Gasteiger partial charge in [0.05, 0.1) is 10.0 Å². The zero-order chi connectivity index (χ0) is 15.3. The summed E-state index contributed by atoms with van der Waals surface area (Å²) in [5.74, 6) is -0.163. The molecule has 3 amide bonds. The number of carbonyl (C=O) groups excluding carboxylic acids is 2. The summed E-state index contributed by atoms with van der Waals surface area (Å²) in [4.78, 5) is 23.0. The number of urea groups is 1. The van der Waals surface area contributed by atoms with Gasteiger partial charge in [0.1, 0.15) is 5.75 Å². The smallest absolute Gasteiger partial charge is 0.321 e. The van der Waals surface area contributed by atoms with Crippen molar-refractivity contribution in [2.24, 2.45) is 0 Å². The number of hydrogen-bond donors (Lipinski definition) is 2. The van der Waals surface area contributed by atoms with E-state index in [2.05, 4.69) is 10.6 Å². The number of nitrogens with one attached hydrogen (secondary N) is 2. The predicted molar refractivity (Wildman–Crippen MR) is 78.4 cm³/mol.